The van der Waals surface area contributed by atoms with E-state index in [9.17, 15) is 24.9 Å². The summed E-state index contributed by atoms with van der Waals surface area (Å²) in [6.07, 6.45) is 0.219. The number of aliphatic carboxylic acids is 1. The van der Waals surface area contributed by atoms with Crippen molar-refractivity contribution < 1.29 is 29.6 Å². The van der Waals surface area contributed by atoms with Crippen molar-refractivity contribution >= 4 is 11.8 Å². The molecule has 102 valence electrons. The summed E-state index contributed by atoms with van der Waals surface area (Å²) in [4.78, 5) is 23.4. The number of Topliss-reactive ketones (excluding diaryl/α,β-unsaturated/α-hetero) is 1. The highest BCUT2D eigenvalue weighted by molar-refractivity contribution is 6.04. The van der Waals surface area contributed by atoms with Gasteiger partial charge in [-0.25, -0.2) is 0 Å². The number of phenols is 2. The number of phenolic OH excluding ortho intramolecular Hbond substituents is 2. The molecule has 2 rings (SSSR count). The topological polar surface area (TPSA) is 104 Å². The zero-order valence-electron chi connectivity index (χ0n) is 10.3. The summed E-state index contributed by atoms with van der Waals surface area (Å²) in [5, 5.41) is 27.7. The van der Waals surface area contributed by atoms with Gasteiger partial charge in [-0.1, -0.05) is 0 Å². The third kappa shape index (κ3) is 2.15. The van der Waals surface area contributed by atoms with Crippen LogP contribution in [-0.2, 0) is 9.53 Å². The first kappa shape index (κ1) is 13.4. The first-order valence-electron chi connectivity index (χ1n) is 5.71. The van der Waals surface area contributed by atoms with Crippen LogP contribution in [-0.4, -0.2) is 40.8 Å². The van der Waals surface area contributed by atoms with Crippen molar-refractivity contribution in [3.05, 3.63) is 23.8 Å². The van der Waals surface area contributed by atoms with Crippen molar-refractivity contribution in [3.63, 3.8) is 0 Å². The Hall–Kier alpha value is -2.08. The monoisotopic (exact) mass is 266 g/mol. The molecule has 0 aromatic heterocycles. The molecule has 0 amide bonds. The van der Waals surface area contributed by atoms with Crippen molar-refractivity contribution in [2.75, 3.05) is 13.7 Å². The molecule has 0 heterocycles. The van der Waals surface area contributed by atoms with E-state index in [1.807, 2.05) is 0 Å². The van der Waals surface area contributed by atoms with Crippen LogP contribution in [0.5, 0.6) is 11.5 Å². The predicted molar refractivity (Wildman–Crippen MR) is 64.2 cm³/mol. The maximum atomic E-state index is 12.2. The minimum absolute atomic E-state index is 0.0250. The molecule has 2 atom stereocenters. The number of carboxylic acids is 1. The van der Waals surface area contributed by atoms with Gasteiger partial charge in [-0.2, -0.15) is 0 Å². The number of methoxy groups -OCH3 is 1. The highest BCUT2D eigenvalue weighted by atomic mass is 16.5. The van der Waals surface area contributed by atoms with Gasteiger partial charge in [0.1, 0.15) is 5.41 Å². The van der Waals surface area contributed by atoms with Crippen LogP contribution >= 0.6 is 0 Å². The fraction of sp³-hybridized carbons (Fsp3) is 0.385. The number of carbonyl (C=O) groups excluding carboxylic acids is 1. The van der Waals surface area contributed by atoms with Gasteiger partial charge < -0.3 is 20.1 Å². The van der Waals surface area contributed by atoms with E-state index in [4.69, 9.17) is 4.74 Å². The van der Waals surface area contributed by atoms with E-state index in [0.29, 0.717) is 0 Å². The number of ketones is 1. The van der Waals surface area contributed by atoms with Crippen LogP contribution in [0.15, 0.2) is 18.2 Å². The average molecular weight is 266 g/mol. The summed E-state index contributed by atoms with van der Waals surface area (Å²) >= 11 is 0. The Morgan fingerprint density at radius 1 is 1.37 bits per heavy atom. The number of hydrogen-bond acceptors (Lipinski definition) is 5. The molecule has 6 nitrogen and oxygen atoms in total. The number of hydrogen-bond donors (Lipinski definition) is 3. The molecule has 1 saturated carbocycles. The van der Waals surface area contributed by atoms with Gasteiger partial charge in [0, 0.05) is 18.6 Å². The molecule has 0 spiro atoms. The van der Waals surface area contributed by atoms with E-state index < -0.39 is 23.1 Å². The maximum absolute atomic E-state index is 12.2. The summed E-state index contributed by atoms with van der Waals surface area (Å²) in [5.41, 5.74) is -0.987. The quantitative estimate of drug-likeness (QED) is 0.543. The number of carbonyl (C=O) groups is 2. The Kier molecular flexibility index (Phi) is 3.20. The molecule has 2 unspecified atom stereocenters. The van der Waals surface area contributed by atoms with E-state index in [1.54, 1.807) is 0 Å². The van der Waals surface area contributed by atoms with E-state index in [-0.39, 0.29) is 30.1 Å². The summed E-state index contributed by atoms with van der Waals surface area (Å²) in [6.45, 7) is -0.0250. The normalized spacial score (nSPS) is 25.0. The molecule has 0 radical (unpaired) electrons. The lowest BCUT2D eigenvalue weighted by molar-refractivity contribution is -0.146. The molecule has 0 saturated heterocycles. The van der Waals surface area contributed by atoms with E-state index in [1.165, 1.54) is 19.2 Å². The minimum Gasteiger partial charge on any atom is -0.504 e. The Labute approximate surface area is 109 Å². The number of rotatable bonds is 5. The second kappa shape index (κ2) is 4.55. The fourth-order valence-corrected chi connectivity index (χ4v) is 2.24. The average Bonchev–Trinajstić information content (AvgIpc) is 3.08. The second-order valence-corrected chi connectivity index (χ2v) is 4.72. The molecule has 3 N–H and O–H groups in total. The SMILES string of the molecule is COCC1(C(=O)O)CC1C(=O)c1ccc(O)c(O)c1. The zero-order valence-corrected chi connectivity index (χ0v) is 10.3. The lowest BCUT2D eigenvalue weighted by atomic mass is 9.98. The summed E-state index contributed by atoms with van der Waals surface area (Å²) in [6, 6.07) is 3.69. The van der Waals surface area contributed by atoms with Gasteiger partial charge in [0.25, 0.3) is 0 Å². The maximum Gasteiger partial charge on any atom is 0.312 e. The van der Waals surface area contributed by atoms with Crippen LogP contribution in [0.3, 0.4) is 0 Å². The lowest BCUT2D eigenvalue weighted by Gasteiger charge is -2.10. The molecular weight excluding hydrogens is 252 g/mol. The van der Waals surface area contributed by atoms with Crippen LogP contribution in [0.25, 0.3) is 0 Å². The molecule has 1 aromatic rings. The van der Waals surface area contributed by atoms with Crippen LogP contribution in [0.4, 0.5) is 0 Å². The second-order valence-electron chi connectivity index (χ2n) is 4.72. The van der Waals surface area contributed by atoms with E-state index in [2.05, 4.69) is 0 Å². The molecule has 1 aliphatic rings. The van der Waals surface area contributed by atoms with E-state index >= 15 is 0 Å². The van der Waals surface area contributed by atoms with Gasteiger partial charge in [0.2, 0.25) is 0 Å². The molecule has 6 heteroatoms. The molecule has 1 aromatic carbocycles. The Morgan fingerprint density at radius 3 is 2.58 bits per heavy atom. The molecular formula is C13H14O6. The van der Waals surface area contributed by atoms with Gasteiger partial charge in [-0.15, -0.1) is 0 Å². The first-order valence-corrected chi connectivity index (χ1v) is 5.71. The van der Waals surface area contributed by atoms with Gasteiger partial charge in [-0.05, 0) is 24.6 Å². The molecule has 0 bridgehead atoms. The van der Waals surface area contributed by atoms with Gasteiger partial charge in [0.05, 0.1) is 6.61 Å². The summed E-state index contributed by atoms with van der Waals surface area (Å²) in [7, 11) is 1.39. The zero-order chi connectivity index (χ0) is 14.2. The fourth-order valence-electron chi connectivity index (χ4n) is 2.24. The Balaban J connectivity index is 2.22. The van der Waals surface area contributed by atoms with Crippen LogP contribution in [0.2, 0.25) is 0 Å². The molecule has 1 aliphatic carbocycles. The summed E-state index contributed by atoms with van der Waals surface area (Å²) < 4.78 is 4.87. The van der Waals surface area contributed by atoms with Crippen molar-refractivity contribution in [2.24, 2.45) is 11.3 Å². The Morgan fingerprint density at radius 2 is 2.05 bits per heavy atom. The van der Waals surface area contributed by atoms with Crippen LogP contribution in [0, 0.1) is 11.3 Å². The van der Waals surface area contributed by atoms with Crippen molar-refractivity contribution in [1.82, 2.24) is 0 Å². The number of ether oxygens (including phenoxy) is 1. The van der Waals surface area contributed by atoms with Crippen molar-refractivity contribution in [1.29, 1.82) is 0 Å². The predicted octanol–water partition coefficient (Wildman–Crippen LogP) is 1.02. The molecule has 19 heavy (non-hydrogen) atoms. The van der Waals surface area contributed by atoms with Gasteiger partial charge in [-0.3, -0.25) is 9.59 Å². The highest BCUT2D eigenvalue weighted by Crippen LogP contribution is 2.54. The Bertz CT molecular complexity index is 538. The van der Waals surface area contributed by atoms with Crippen LogP contribution < -0.4 is 0 Å². The minimum atomic E-state index is -1.17. The number of aromatic hydroxyl groups is 2. The number of benzene rings is 1. The van der Waals surface area contributed by atoms with Gasteiger partial charge in [0.15, 0.2) is 17.3 Å². The third-order valence-corrected chi connectivity index (χ3v) is 3.48. The number of carboxylic acid groups (broad SMARTS) is 1. The molecule has 1 fully saturated rings. The highest BCUT2D eigenvalue weighted by Gasteiger charge is 2.64. The van der Waals surface area contributed by atoms with Crippen molar-refractivity contribution in [3.8, 4) is 11.5 Å². The van der Waals surface area contributed by atoms with Crippen molar-refractivity contribution in [2.45, 2.75) is 6.42 Å². The largest absolute Gasteiger partial charge is 0.504 e. The standard InChI is InChI=1S/C13H14O6/c1-19-6-13(12(17)18)5-8(13)11(16)7-2-3-9(14)10(15)4-7/h2-4,8,14-15H,5-6H2,1H3,(H,17,18). The third-order valence-electron chi connectivity index (χ3n) is 3.48. The first-order chi connectivity index (χ1) is 8.92. The lowest BCUT2D eigenvalue weighted by Crippen LogP contribution is -2.25. The van der Waals surface area contributed by atoms with Gasteiger partial charge >= 0.3 is 5.97 Å². The molecule has 0 aliphatic heterocycles. The van der Waals surface area contributed by atoms with E-state index in [0.717, 1.165) is 6.07 Å². The van der Waals surface area contributed by atoms with Crippen LogP contribution in [0.1, 0.15) is 16.8 Å². The summed E-state index contributed by atoms with van der Waals surface area (Å²) in [5.74, 6) is -2.81. The smallest absolute Gasteiger partial charge is 0.312 e.